The minimum atomic E-state index is -0.157. The fraction of sp³-hybridized carbons (Fsp3) is 0.304. The number of piperidine rings is 1. The Morgan fingerprint density at radius 2 is 1.73 bits per heavy atom. The first-order chi connectivity index (χ1) is 14.6. The van der Waals surface area contributed by atoms with Crippen molar-refractivity contribution in [1.29, 1.82) is 0 Å². The number of aryl methyl sites for hydroxylation is 1. The molecule has 0 N–H and O–H groups in total. The molecule has 30 heavy (non-hydrogen) atoms. The highest BCUT2D eigenvalue weighted by Crippen LogP contribution is 2.33. The Bertz CT molecular complexity index is 1270. The molecule has 4 aromatic rings. The fourth-order valence-corrected chi connectivity index (χ4v) is 5.28. The second-order valence-corrected chi connectivity index (χ2v) is 8.80. The van der Waals surface area contributed by atoms with Gasteiger partial charge in [0.25, 0.3) is 5.56 Å². The van der Waals surface area contributed by atoms with Gasteiger partial charge in [-0.05, 0) is 44.0 Å². The van der Waals surface area contributed by atoms with Gasteiger partial charge in [0.15, 0.2) is 0 Å². The fourth-order valence-electron chi connectivity index (χ4n) is 4.14. The maximum atomic E-state index is 12.9. The predicted octanol–water partition coefficient (Wildman–Crippen LogP) is 3.72. The summed E-state index contributed by atoms with van der Waals surface area (Å²) in [5, 5.41) is 1.71. The molecule has 5 rings (SSSR count). The molecule has 2 aromatic heterocycles. The van der Waals surface area contributed by atoms with E-state index < -0.39 is 0 Å². The maximum absolute atomic E-state index is 12.9. The van der Waals surface area contributed by atoms with Crippen molar-refractivity contribution < 1.29 is 4.79 Å². The summed E-state index contributed by atoms with van der Waals surface area (Å²) >= 11 is 1.75. The molecule has 0 atom stereocenters. The lowest BCUT2D eigenvalue weighted by molar-refractivity contribution is -0.133. The number of amides is 1. The Kier molecular flexibility index (Phi) is 4.83. The van der Waals surface area contributed by atoms with Gasteiger partial charge in [0.2, 0.25) is 5.91 Å². The molecule has 3 heterocycles. The van der Waals surface area contributed by atoms with E-state index in [0.717, 1.165) is 23.4 Å². The predicted molar refractivity (Wildman–Crippen MR) is 119 cm³/mol. The topological polar surface area (TPSA) is 68.1 Å². The van der Waals surface area contributed by atoms with Crippen LogP contribution in [0.15, 0.2) is 53.3 Å². The first-order valence-electron chi connectivity index (χ1n) is 10.2. The molecule has 0 saturated carbocycles. The summed E-state index contributed by atoms with van der Waals surface area (Å²) < 4.78 is 2.70. The number of benzene rings is 2. The van der Waals surface area contributed by atoms with Crippen LogP contribution in [0.3, 0.4) is 0 Å². The van der Waals surface area contributed by atoms with Crippen LogP contribution in [-0.4, -0.2) is 38.4 Å². The van der Waals surface area contributed by atoms with Gasteiger partial charge in [0, 0.05) is 19.0 Å². The van der Waals surface area contributed by atoms with Gasteiger partial charge in [-0.15, -0.1) is 11.3 Å². The molecule has 1 aliphatic rings. The van der Waals surface area contributed by atoms with Crippen LogP contribution in [0, 0.1) is 6.92 Å². The van der Waals surface area contributed by atoms with E-state index in [0.29, 0.717) is 35.7 Å². The van der Waals surface area contributed by atoms with Gasteiger partial charge in [-0.1, -0.05) is 24.3 Å². The van der Waals surface area contributed by atoms with E-state index in [1.54, 1.807) is 24.3 Å². The highest BCUT2D eigenvalue weighted by molar-refractivity contribution is 7.18. The Morgan fingerprint density at radius 3 is 2.50 bits per heavy atom. The summed E-state index contributed by atoms with van der Waals surface area (Å²) in [6, 6.07) is 15.5. The zero-order chi connectivity index (χ0) is 20.7. The van der Waals surface area contributed by atoms with Gasteiger partial charge >= 0.3 is 0 Å². The molecule has 6 nitrogen and oxygen atoms in total. The molecule has 0 bridgehead atoms. The third-order valence-electron chi connectivity index (χ3n) is 5.85. The molecular weight excluding hydrogens is 396 g/mol. The zero-order valence-corrected chi connectivity index (χ0v) is 17.6. The molecule has 0 aliphatic carbocycles. The SMILES string of the molecule is Cc1nc2ccccc2c(=O)n1CC(=O)N1CCC(c2nc3ccccc3s2)CC1. The van der Waals surface area contributed by atoms with Gasteiger partial charge < -0.3 is 4.90 Å². The number of para-hydroxylation sites is 2. The number of carbonyl (C=O) groups excluding carboxylic acids is 1. The van der Waals surface area contributed by atoms with Crippen LogP contribution in [0.2, 0.25) is 0 Å². The lowest BCUT2D eigenvalue weighted by Gasteiger charge is -2.31. The molecule has 152 valence electrons. The number of rotatable bonds is 3. The number of fused-ring (bicyclic) bond motifs is 2. The van der Waals surface area contributed by atoms with Crippen LogP contribution in [0.5, 0.6) is 0 Å². The molecule has 7 heteroatoms. The normalized spacial score (nSPS) is 15.2. The standard InChI is InChI=1S/C23H22N4O2S/c1-15-24-18-7-3-2-6-17(18)23(29)27(15)14-21(28)26-12-10-16(11-13-26)22-25-19-8-4-5-9-20(19)30-22/h2-9,16H,10-14H2,1H3. The molecule has 1 saturated heterocycles. The summed E-state index contributed by atoms with van der Waals surface area (Å²) in [4.78, 5) is 36.9. The highest BCUT2D eigenvalue weighted by atomic mass is 32.1. The largest absolute Gasteiger partial charge is 0.341 e. The highest BCUT2D eigenvalue weighted by Gasteiger charge is 2.26. The van der Waals surface area contributed by atoms with Crippen molar-refractivity contribution in [3.8, 4) is 0 Å². The van der Waals surface area contributed by atoms with E-state index in [1.807, 2.05) is 41.3 Å². The Hall–Kier alpha value is -3.06. The smallest absolute Gasteiger partial charge is 0.261 e. The molecule has 2 aromatic carbocycles. The summed E-state index contributed by atoms with van der Waals surface area (Å²) in [7, 11) is 0. The van der Waals surface area contributed by atoms with Crippen molar-refractivity contribution in [2.75, 3.05) is 13.1 Å². The number of nitrogens with zero attached hydrogens (tertiary/aromatic N) is 4. The van der Waals surface area contributed by atoms with Gasteiger partial charge in [0.1, 0.15) is 12.4 Å². The lowest BCUT2D eigenvalue weighted by atomic mass is 9.97. The molecular formula is C23H22N4O2S. The maximum Gasteiger partial charge on any atom is 0.261 e. The third kappa shape index (κ3) is 3.39. The van der Waals surface area contributed by atoms with Crippen LogP contribution >= 0.6 is 11.3 Å². The average molecular weight is 419 g/mol. The number of hydrogen-bond acceptors (Lipinski definition) is 5. The lowest BCUT2D eigenvalue weighted by Crippen LogP contribution is -2.41. The second kappa shape index (κ2) is 7.65. The number of thiazole rings is 1. The molecule has 1 fully saturated rings. The van der Waals surface area contributed by atoms with Crippen molar-refractivity contribution in [3.05, 3.63) is 69.7 Å². The Labute approximate surface area is 177 Å². The van der Waals surface area contributed by atoms with Crippen molar-refractivity contribution in [2.24, 2.45) is 0 Å². The number of aromatic nitrogens is 3. The number of likely N-dealkylation sites (tertiary alicyclic amines) is 1. The quantitative estimate of drug-likeness (QED) is 0.509. The summed E-state index contributed by atoms with van der Waals surface area (Å²) in [5.74, 6) is 0.926. The van der Waals surface area contributed by atoms with Crippen molar-refractivity contribution in [3.63, 3.8) is 0 Å². The van der Waals surface area contributed by atoms with Crippen molar-refractivity contribution in [2.45, 2.75) is 32.2 Å². The molecule has 1 aliphatic heterocycles. The molecule has 0 unspecified atom stereocenters. The van der Waals surface area contributed by atoms with Crippen LogP contribution in [0.4, 0.5) is 0 Å². The monoisotopic (exact) mass is 418 g/mol. The molecule has 0 spiro atoms. The Balaban J connectivity index is 1.29. The average Bonchev–Trinajstić information content (AvgIpc) is 3.21. The van der Waals surface area contributed by atoms with E-state index >= 15 is 0 Å². The van der Waals surface area contributed by atoms with Crippen LogP contribution < -0.4 is 5.56 Å². The van der Waals surface area contributed by atoms with E-state index in [2.05, 4.69) is 11.1 Å². The van der Waals surface area contributed by atoms with Crippen LogP contribution in [0.1, 0.15) is 29.6 Å². The van der Waals surface area contributed by atoms with E-state index in [1.165, 1.54) is 9.27 Å². The first kappa shape index (κ1) is 18.9. The van der Waals surface area contributed by atoms with Crippen LogP contribution in [0.25, 0.3) is 21.1 Å². The number of hydrogen-bond donors (Lipinski definition) is 0. The summed E-state index contributed by atoms with van der Waals surface area (Å²) in [5.41, 5.74) is 1.56. The van der Waals surface area contributed by atoms with Gasteiger partial charge in [-0.3, -0.25) is 14.2 Å². The summed E-state index contributed by atoms with van der Waals surface area (Å²) in [6.07, 6.45) is 1.80. The van der Waals surface area contributed by atoms with Gasteiger partial charge in [-0.25, -0.2) is 9.97 Å². The zero-order valence-electron chi connectivity index (χ0n) is 16.7. The Morgan fingerprint density at radius 1 is 1.03 bits per heavy atom. The van der Waals surface area contributed by atoms with Crippen molar-refractivity contribution in [1.82, 2.24) is 19.4 Å². The van der Waals surface area contributed by atoms with E-state index in [9.17, 15) is 9.59 Å². The second-order valence-electron chi connectivity index (χ2n) is 7.74. The van der Waals surface area contributed by atoms with Crippen molar-refractivity contribution >= 4 is 38.4 Å². The van der Waals surface area contributed by atoms with Crippen LogP contribution in [-0.2, 0) is 11.3 Å². The van der Waals surface area contributed by atoms with Gasteiger partial charge in [0.05, 0.1) is 26.1 Å². The van der Waals surface area contributed by atoms with E-state index in [4.69, 9.17) is 4.98 Å². The molecule has 0 radical (unpaired) electrons. The number of carbonyl (C=O) groups is 1. The van der Waals surface area contributed by atoms with E-state index in [-0.39, 0.29) is 18.0 Å². The molecule has 1 amide bonds. The minimum absolute atomic E-state index is 0.0277. The first-order valence-corrected chi connectivity index (χ1v) is 11.0. The van der Waals surface area contributed by atoms with Gasteiger partial charge in [-0.2, -0.15) is 0 Å². The summed E-state index contributed by atoms with van der Waals surface area (Å²) in [6.45, 7) is 3.19. The minimum Gasteiger partial charge on any atom is -0.341 e. The third-order valence-corrected chi connectivity index (χ3v) is 7.05.